The van der Waals surface area contributed by atoms with Gasteiger partial charge in [0.25, 0.3) is 0 Å². The molecule has 1 aromatic carbocycles. The summed E-state index contributed by atoms with van der Waals surface area (Å²) in [7, 11) is 1.14. The smallest absolute Gasteiger partial charge is 0.197 e. The van der Waals surface area contributed by atoms with Gasteiger partial charge in [0.1, 0.15) is 5.82 Å². The summed E-state index contributed by atoms with van der Waals surface area (Å²) in [4.78, 5) is 0. The average molecular weight is 190 g/mol. The van der Waals surface area contributed by atoms with Gasteiger partial charge in [0.05, 0.1) is 19.3 Å². The molecule has 0 atom stereocenters. The van der Waals surface area contributed by atoms with Crippen LogP contribution in [-0.4, -0.2) is 17.3 Å². The standard InChI is InChI=1S/C8H8F2O3/c1-13-8-6(10)2-5(9)4(3-11)7(8)12/h2,11-12H,3H2,1H3. The number of rotatable bonds is 2. The van der Waals surface area contributed by atoms with E-state index in [4.69, 9.17) is 5.11 Å². The van der Waals surface area contributed by atoms with E-state index in [1.54, 1.807) is 0 Å². The molecule has 0 saturated carbocycles. The highest BCUT2D eigenvalue weighted by Gasteiger charge is 2.17. The Hall–Kier alpha value is -1.36. The summed E-state index contributed by atoms with van der Waals surface area (Å²) in [5.74, 6) is -3.18. The molecule has 0 radical (unpaired) electrons. The molecular weight excluding hydrogens is 182 g/mol. The van der Waals surface area contributed by atoms with E-state index in [0.717, 1.165) is 7.11 Å². The van der Waals surface area contributed by atoms with Crippen LogP contribution in [-0.2, 0) is 6.61 Å². The molecule has 1 aromatic rings. The molecule has 0 aliphatic carbocycles. The highest BCUT2D eigenvalue weighted by molar-refractivity contribution is 5.46. The van der Waals surface area contributed by atoms with Crippen molar-refractivity contribution in [3.63, 3.8) is 0 Å². The summed E-state index contributed by atoms with van der Waals surface area (Å²) >= 11 is 0. The molecule has 0 amide bonds. The zero-order chi connectivity index (χ0) is 10.0. The highest BCUT2D eigenvalue weighted by Crippen LogP contribution is 2.34. The molecule has 72 valence electrons. The topological polar surface area (TPSA) is 49.7 Å². The van der Waals surface area contributed by atoms with Gasteiger partial charge in [-0.25, -0.2) is 8.78 Å². The minimum atomic E-state index is -1.00. The Labute approximate surface area is 73.2 Å². The second kappa shape index (κ2) is 3.57. The monoisotopic (exact) mass is 190 g/mol. The summed E-state index contributed by atoms with van der Waals surface area (Å²) in [5.41, 5.74) is -0.377. The molecule has 5 heteroatoms. The SMILES string of the molecule is COc1c(F)cc(F)c(CO)c1O. The number of aliphatic hydroxyl groups excluding tert-OH is 1. The third kappa shape index (κ3) is 1.55. The van der Waals surface area contributed by atoms with Gasteiger partial charge in [0, 0.05) is 6.07 Å². The van der Waals surface area contributed by atoms with Crippen molar-refractivity contribution in [2.24, 2.45) is 0 Å². The molecule has 0 aliphatic rings. The molecule has 13 heavy (non-hydrogen) atoms. The van der Waals surface area contributed by atoms with Gasteiger partial charge in [-0.05, 0) is 0 Å². The minimum absolute atomic E-state index is 0.377. The average Bonchev–Trinajstić information content (AvgIpc) is 2.04. The molecule has 0 spiro atoms. The number of hydrogen-bond acceptors (Lipinski definition) is 3. The summed E-state index contributed by atoms with van der Waals surface area (Å²) in [6.07, 6.45) is 0. The minimum Gasteiger partial charge on any atom is -0.504 e. The van der Waals surface area contributed by atoms with Crippen molar-refractivity contribution in [1.29, 1.82) is 0 Å². The zero-order valence-corrected chi connectivity index (χ0v) is 6.84. The number of methoxy groups -OCH3 is 1. The Morgan fingerprint density at radius 1 is 1.38 bits per heavy atom. The third-order valence-corrected chi connectivity index (χ3v) is 1.62. The zero-order valence-electron chi connectivity index (χ0n) is 6.84. The van der Waals surface area contributed by atoms with Crippen molar-refractivity contribution < 1.29 is 23.7 Å². The van der Waals surface area contributed by atoms with Gasteiger partial charge in [-0.15, -0.1) is 0 Å². The second-order valence-electron chi connectivity index (χ2n) is 2.36. The van der Waals surface area contributed by atoms with Gasteiger partial charge < -0.3 is 14.9 Å². The van der Waals surface area contributed by atoms with Crippen LogP contribution in [0.5, 0.6) is 11.5 Å². The Bertz CT molecular complexity index is 297. The summed E-state index contributed by atoms with van der Waals surface area (Å²) < 4.78 is 30.1. The molecule has 0 aliphatic heterocycles. The van der Waals surface area contributed by atoms with E-state index in [2.05, 4.69) is 4.74 Å². The van der Waals surface area contributed by atoms with Crippen LogP contribution in [0.3, 0.4) is 0 Å². The van der Waals surface area contributed by atoms with Crippen LogP contribution in [0.4, 0.5) is 8.78 Å². The third-order valence-electron chi connectivity index (χ3n) is 1.62. The fraction of sp³-hybridized carbons (Fsp3) is 0.250. The summed E-state index contributed by atoms with van der Waals surface area (Å²) in [6, 6.07) is 0.546. The van der Waals surface area contributed by atoms with Crippen molar-refractivity contribution >= 4 is 0 Å². The molecule has 0 bridgehead atoms. The predicted molar refractivity (Wildman–Crippen MR) is 40.5 cm³/mol. The van der Waals surface area contributed by atoms with Gasteiger partial charge >= 0.3 is 0 Å². The number of phenols is 1. The Morgan fingerprint density at radius 2 is 2.00 bits per heavy atom. The number of aromatic hydroxyl groups is 1. The van der Waals surface area contributed by atoms with Gasteiger partial charge in [0.15, 0.2) is 17.3 Å². The lowest BCUT2D eigenvalue weighted by atomic mass is 10.2. The molecule has 0 unspecified atom stereocenters. The van der Waals surface area contributed by atoms with Crippen molar-refractivity contribution in [1.82, 2.24) is 0 Å². The second-order valence-corrected chi connectivity index (χ2v) is 2.36. The Balaban J connectivity index is 3.39. The van der Waals surface area contributed by atoms with E-state index in [-0.39, 0.29) is 5.56 Å². The van der Waals surface area contributed by atoms with E-state index < -0.39 is 29.7 Å². The number of ether oxygens (including phenoxy) is 1. The summed E-state index contributed by atoms with van der Waals surface area (Å²) in [5, 5.41) is 17.8. The molecule has 3 nitrogen and oxygen atoms in total. The van der Waals surface area contributed by atoms with Crippen LogP contribution in [0.15, 0.2) is 6.07 Å². The number of aliphatic hydroxyl groups is 1. The number of halogens is 2. The molecule has 0 heterocycles. The maximum atomic E-state index is 12.8. The fourth-order valence-corrected chi connectivity index (χ4v) is 0.972. The normalized spacial score (nSPS) is 10.2. The number of hydrogen-bond donors (Lipinski definition) is 2. The lowest BCUT2D eigenvalue weighted by Gasteiger charge is -2.08. The first-order valence-electron chi connectivity index (χ1n) is 3.46. The molecule has 1 rings (SSSR count). The Morgan fingerprint density at radius 3 is 2.46 bits per heavy atom. The van der Waals surface area contributed by atoms with Crippen LogP contribution in [0.1, 0.15) is 5.56 Å². The van der Waals surface area contributed by atoms with Gasteiger partial charge in [-0.2, -0.15) is 0 Å². The van der Waals surface area contributed by atoms with Crippen molar-refractivity contribution in [2.45, 2.75) is 6.61 Å². The van der Waals surface area contributed by atoms with E-state index in [1.807, 2.05) is 0 Å². The van der Waals surface area contributed by atoms with Crippen LogP contribution in [0.2, 0.25) is 0 Å². The first kappa shape index (κ1) is 9.73. The van der Waals surface area contributed by atoms with E-state index in [0.29, 0.717) is 6.07 Å². The predicted octanol–water partition coefficient (Wildman–Crippen LogP) is 1.17. The van der Waals surface area contributed by atoms with E-state index in [1.165, 1.54) is 0 Å². The molecular formula is C8H8F2O3. The van der Waals surface area contributed by atoms with Crippen molar-refractivity contribution in [3.8, 4) is 11.5 Å². The molecule has 0 aromatic heterocycles. The molecule has 2 N–H and O–H groups in total. The number of benzene rings is 1. The largest absolute Gasteiger partial charge is 0.504 e. The van der Waals surface area contributed by atoms with Crippen LogP contribution in [0, 0.1) is 11.6 Å². The van der Waals surface area contributed by atoms with Crippen LogP contribution in [0.25, 0.3) is 0 Å². The lowest BCUT2D eigenvalue weighted by molar-refractivity contribution is 0.263. The maximum absolute atomic E-state index is 12.8. The fourth-order valence-electron chi connectivity index (χ4n) is 0.972. The van der Waals surface area contributed by atoms with E-state index >= 15 is 0 Å². The summed E-state index contributed by atoms with van der Waals surface area (Å²) in [6.45, 7) is -0.714. The highest BCUT2D eigenvalue weighted by atomic mass is 19.1. The van der Waals surface area contributed by atoms with Gasteiger partial charge in [-0.1, -0.05) is 0 Å². The lowest BCUT2D eigenvalue weighted by Crippen LogP contribution is -1.97. The first-order valence-corrected chi connectivity index (χ1v) is 3.46. The molecule has 0 saturated heterocycles. The molecule has 0 fully saturated rings. The van der Waals surface area contributed by atoms with Crippen LogP contribution >= 0.6 is 0 Å². The van der Waals surface area contributed by atoms with Crippen LogP contribution < -0.4 is 4.74 Å². The maximum Gasteiger partial charge on any atom is 0.197 e. The van der Waals surface area contributed by atoms with E-state index in [9.17, 15) is 13.9 Å². The van der Waals surface area contributed by atoms with Gasteiger partial charge in [-0.3, -0.25) is 0 Å². The first-order chi connectivity index (χ1) is 6.11. The van der Waals surface area contributed by atoms with Gasteiger partial charge in [0.2, 0.25) is 0 Å². The quantitative estimate of drug-likeness (QED) is 0.735. The van der Waals surface area contributed by atoms with Crippen molar-refractivity contribution in [3.05, 3.63) is 23.3 Å². The Kier molecular flexibility index (Phi) is 2.67. The van der Waals surface area contributed by atoms with Crippen molar-refractivity contribution in [2.75, 3.05) is 7.11 Å².